The Bertz CT molecular complexity index is 604. The topological polar surface area (TPSA) is 65.1 Å². The molecule has 2 rings (SSSR count). The van der Waals surface area contributed by atoms with Crippen LogP contribution in [0.4, 0.5) is 0 Å². The molecule has 0 bridgehead atoms. The van der Waals surface area contributed by atoms with Gasteiger partial charge >= 0.3 is 11.9 Å². The fourth-order valence-electron chi connectivity index (χ4n) is 6.27. The van der Waals surface area contributed by atoms with Crippen molar-refractivity contribution in [3.63, 3.8) is 0 Å². The maximum atomic E-state index is 12.4. The number of piperidine rings is 1. The lowest BCUT2D eigenvalue weighted by atomic mass is 9.64. The number of nitrogens with zero attached hydrogens (tertiary/aromatic N) is 1. The summed E-state index contributed by atoms with van der Waals surface area (Å²) in [6, 6.07) is 0. The van der Waals surface area contributed by atoms with E-state index < -0.39 is 0 Å². The maximum Gasteiger partial charge on any atom is 0.306 e. The third-order valence-corrected chi connectivity index (χ3v) is 6.38. The van der Waals surface area contributed by atoms with E-state index in [0.29, 0.717) is 12.8 Å². The molecular formula is C24H43NO5. The summed E-state index contributed by atoms with van der Waals surface area (Å²) in [5, 5.41) is 1.98. The third kappa shape index (κ3) is 6.68. The van der Waals surface area contributed by atoms with Crippen LogP contribution in [0.5, 0.6) is 0 Å². The summed E-state index contributed by atoms with van der Waals surface area (Å²) in [6.45, 7) is 17.2. The molecule has 2 fully saturated rings. The van der Waals surface area contributed by atoms with Crippen LogP contribution in [0.3, 0.4) is 0 Å². The Kier molecular flexibility index (Phi) is 7.35. The van der Waals surface area contributed by atoms with Crippen molar-refractivity contribution >= 4 is 11.9 Å². The van der Waals surface area contributed by atoms with Gasteiger partial charge in [0.15, 0.2) is 0 Å². The zero-order chi connectivity index (χ0) is 23.0. The monoisotopic (exact) mass is 425 g/mol. The Morgan fingerprint density at radius 1 is 0.733 bits per heavy atom. The second-order valence-corrected chi connectivity index (χ2v) is 12.1. The van der Waals surface area contributed by atoms with E-state index in [2.05, 4.69) is 55.4 Å². The average molecular weight is 426 g/mol. The van der Waals surface area contributed by atoms with Gasteiger partial charge in [-0.05, 0) is 57.8 Å². The van der Waals surface area contributed by atoms with E-state index in [4.69, 9.17) is 14.3 Å². The molecule has 1 saturated heterocycles. The fourth-order valence-corrected chi connectivity index (χ4v) is 6.27. The van der Waals surface area contributed by atoms with Gasteiger partial charge in [0.2, 0.25) is 0 Å². The van der Waals surface area contributed by atoms with E-state index >= 15 is 0 Å². The molecule has 6 heteroatoms. The molecular weight excluding hydrogens is 382 g/mol. The molecule has 0 amide bonds. The van der Waals surface area contributed by atoms with Gasteiger partial charge in [-0.15, -0.1) is 0 Å². The number of carbonyl (C=O) groups excluding carboxylic acids is 2. The Balaban J connectivity index is 1.83. The zero-order valence-electron chi connectivity index (χ0n) is 20.6. The lowest BCUT2D eigenvalue weighted by molar-refractivity contribution is -0.278. The summed E-state index contributed by atoms with van der Waals surface area (Å²) in [7, 11) is 1.68. The van der Waals surface area contributed by atoms with Crippen LogP contribution in [0.1, 0.15) is 100 Å². The minimum absolute atomic E-state index is 0.0592. The van der Waals surface area contributed by atoms with Gasteiger partial charge in [-0.1, -0.05) is 27.7 Å². The van der Waals surface area contributed by atoms with E-state index in [1.54, 1.807) is 7.11 Å². The molecule has 1 aliphatic carbocycles. The Hall–Kier alpha value is -1.14. The first kappa shape index (κ1) is 25.1. The van der Waals surface area contributed by atoms with Crippen molar-refractivity contribution in [2.24, 2.45) is 10.8 Å². The summed E-state index contributed by atoms with van der Waals surface area (Å²) < 4.78 is 11.5. The van der Waals surface area contributed by atoms with Crippen LogP contribution in [0.15, 0.2) is 0 Å². The summed E-state index contributed by atoms with van der Waals surface area (Å²) in [4.78, 5) is 30.4. The molecule has 0 radical (unpaired) electrons. The molecule has 0 spiro atoms. The molecule has 0 atom stereocenters. The standard InChI is InChI=1S/C24H43NO5/c1-21(2)12-17(13-22(3,4)16-21)29-19(26)10-11-20(27)30-18-14-23(5,6)25(28-9)24(7,8)15-18/h17-18H,10-16H2,1-9H3. The number of hydroxylamine groups is 2. The van der Waals surface area contributed by atoms with Crippen LogP contribution in [-0.4, -0.2) is 47.4 Å². The van der Waals surface area contributed by atoms with E-state index in [1.807, 2.05) is 5.06 Å². The fraction of sp³-hybridized carbons (Fsp3) is 0.917. The van der Waals surface area contributed by atoms with Crippen LogP contribution in [0, 0.1) is 10.8 Å². The highest BCUT2D eigenvalue weighted by atomic mass is 16.7. The first-order valence-corrected chi connectivity index (χ1v) is 11.3. The Labute approximate surface area is 182 Å². The molecule has 1 saturated carbocycles. The largest absolute Gasteiger partial charge is 0.462 e. The summed E-state index contributed by atoms with van der Waals surface area (Å²) in [5.74, 6) is -0.640. The molecule has 0 aromatic carbocycles. The molecule has 30 heavy (non-hydrogen) atoms. The Morgan fingerprint density at radius 2 is 1.10 bits per heavy atom. The number of esters is 2. The van der Waals surface area contributed by atoms with Crippen molar-refractivity contribution in [2.45, 2.75) is 124 Å². The summed E-state index contributed by atoms with van der Waals surface area (Å²) >= 11 is 0. The van der Waals surface area contributed by atoms with Crippen LogP contribution in [-0.2, 0) is 23.9 Å². The molecule has 0 N–H and O–H groups in total. The minimum atomic E-state index is -0.335. The molecule has 6 nitrogen and oxygen atoms in total. The number of hydrogen-bond donors (Lipinski definition) is 0. The number of carbonyl (C=O) groups is 2. The number of rotatable bonds is 6. The summed E-state index contributed by atoms with van der Waals surface area (Å²) in [6.07, 6.45) is 4.10. The van der Waals surface area contributed by atoms with E-state index in [1.165, 1.54) is 0 Å². The van der Waals surface area contributed by atoms with Gasteiger partial charge in [-0.25, -0.2) is 0 Å². The molecule has 1 aliphatic heterocycles. The van der Waals surface area contributed by atoms with Crippen molar-refractivity contribution in [1.82, 2.24) is 5.06 Å². The predicted octanol–water partition coefficient (Wildman–Crippen LogP) is 5.04. The SMILES string of the molecule is CON1C(C)(C)CC(OC(=O)CCC(=O)OC2CC(C)(C)CC(C)(C)C2)CC1(C)C. The normalized spacial score (nSPS) is 26.2. The predicted molar refractivity (Wildman–Crippen MR) is 117 cm³/mol. The molecule has 0 aromatic rings. The van der Waals surface area contributed by atoms with Crippen LogP contribution in [0.25, 0.3) is 0 Å². The lowest BCUT2D eigenvalue weighted by Gasteiger charge is -2.52. The highest BCUT2D eigenvalue weighted by Crippen LogP contribution is 2.46. The van der Waals surface area contributed by atoms with Gasteiger partial charge in [0, 0.05) is 23.9 Å². The second kappa shape index (κ2) is 8.78. The minimum Gasteiger partial charge on any atom is -0.462 e. The van der Waals surface area contributed by atoms with E-state index in [0.717, 1.165) is 19.3 Å². The first-order valence-electron chi connectivity index (χ1n) is 11.3. The zero-order valence-corrected chi connectivity index (χ0v) is 20.6. The van der Waals surface area contributed by atoms with Crippen LogP contribution >= 0.6 is 0 Å². The van der Waals surface area contributed by atoms with Gasteiger partial charge in [0.25, 0.3) is 0 Å². The van der Waals surface area contributed by atoms with Crippen molar-refractivity contribution in [1.29, 1.82) is 0 Å². The van der Waals surface area contributed by atoms with Crippen molar-refractivity contribution in [3.05, 3.63) is 0 Å². The van der Waals surface area contributed by atoms with Gasteiger partial charge in [-0.2, -0.15) is 5.06 Å². The first-order chi connectivity index (χ1) is 13.6. The maximum absolute atomic E-state index is 12.4. The van der Waals surface area contributed by atoms with Gasteiger partial charge in [0.1, 0.15) is 12.2 Å². The number of hydrogen-bond acceptors (Lipinski definition) is 6. The molecule has 0 unspecified atom stereocenters. The Morgan fingerprint density at radius 3 is 1.47 bits per heavy atom. The van der Waals surface area contributed by atoms with Gasteiger partial charge in [-0.3, -0.25) is 9.59 Å². The van der Waals surface area contributed by atoms with E-state index in [9.17, 15) is 9.59 Å². The highest BCUT2D eigenvalue weighted by Gasteiger charge is 2.47. The molecule has 174 valence electrons. The van der Waals surface area contributed by atoms with Crippen LogP contribution < -0.4 is 0 Å². The summed E-state index contributed by atoms with van der Waals surface area (Å²) in [5.41, 5.74) is -0.188. The quantitative estimate of drug-likeness (QED) is 0.556. The second-order valence-electron chi connectivity index (χ2n) is 12.1. The van der Waals surface area contributed by atoms with Crippen molar-refractivity contribution in [2.75, 3.05) is 7.11 Å². The lowest BCUT2D eigenvalue weighted by Crippen LogP contribution is -2.61. The highest BCUT2D eigenvalue weighted by molar-refractivity contribution is 5.77. The molecule has 0 aromatic heterocycles. The van der Waals surface area contributed by atoms with Crippen LogP contribution in [0.2, 0.25) is 0 Å². The molecule has 2 aliphatic rings. The van der Waals surface area contributed by atoms with Crippen molar-refractivity contribution < 1.29 is 23.9 Å². The third-order valence-electron chi connectivity index (χ3n) is 6.38. The van der Waals surface area contributed by atoms with Gasteiger partial charge < -0.3 is 14.3 Å². The van der Waals surface area contributed by atoms with Crippen molar-refractivity contribution in [3.8, 4) is 0 Å². The molecule has 1 heterocycles. The van der Waals surface area contributed by atoms with Gasteiger partial charge in [0.05, 0.1) is 20.0 Å². The van der Waals surface area contributed by atoms with E-state index in [-0.39, 0.29) is 58.9 Å². The number of ether oxygens (including phenoxy) is 2. The average Bonchev–Trinajstić information content (AvgIpc) is 2.47. The smallest absolute Gasteiger partial charge is 0.306 e.